The topological polar surface area (TPSA) is 69.0 Å². The lowest BCUT2D eigenvalue weighted by Gasteiger charge is -2.00. The molecule has 2 rings (SSSR count). The van der Waals surface area contributed by atoms with Crippen LogP contribution in [-0.2, 0) is 7.05 Å². The summed E-state index contributed by atoms with van der Waals surface area (Å²) < 4.78 is 7.20. The van der Waals surface area contributed by atoms with E-state index in [1.54, 1.807) is 38.4 Å². The number of carbonyl (C=O) groups excluding carboxylic acids is 1. The van der Waals surface area contributed by atoms with Gasteiger partial charge in [0.05, 0.1) is 7.11 Å². The van der Waals surface area contributed by atoms with Gasteiger partial charge in [-0.15, -0.1) is 0 Å². The van der Waals surface area contributed by atoms with Crippen molar-refractivity contribution in [3.05, 3.63) is 34.6 Å². The van der Waals surface area contributed by atoms with Crippen LogP contribution in [0.4, 0.5) is 5.82 Å². The zero-order chi connectivity index (χ0) is 13.1. The van der Waals surface area contributed by atoms with E-state index in [0.29, 0.717) is 22.0 Å². The Labute approximate surface area is 112 Å². The number of ether oxygens (including phenoxy) is 1. The van der Waals surface area contributed by atoms with E-state index < -0.39 is 0 Å². The van der Waals surface area contributed by atoms with Crippen LogP contribution in [-0.4, -0.2) is 27.8 Å². The summed E-state index contributed by atoms with van der Waals surface area (Å²) in [6.07, 6.45) is 0. The van der Waals surface area contributed by atoms with Gasteiger partial charge < -0.3 is 10.1 Å². The highest BCUT2D eigenvalue weighted by atomic mass is 79.9. The SMILES string of the molecule is COc1cc(NC(=O)c2cccc(Br)n2)nn1C. The van der Waals surface area contributed by atoms with Crippen molar-refractivity contribution in [3.8, 4) is 5.88 Å². The first kappa shape index (κ1) is 12.6. The van der Waals surface area contributed by atoms with Gasteiger partial charge in [-0.25, -0.2) is 9.67 Å². The summed E-state index contributed by atoms with van der Waals surface area (Å²) in [6.45, 7) is 0. The number of nitrogens with zero attached hydrogens (tertiary/aromatic N) is 3. The van der Waals surface area contributed by atoms with Crippen LogP contribution in [0.5, 0.6) is 5.88 Å². The second-order valence-electron chi connectivity index (χ2n) is 3.50. The number of amides is 1. The van der Waals surface area contributed by atoms with Gasteiger partial charge in [0.2, 0.25) is 5.88 Å². The van der Waals surface area contributed by atoms with E-state index in [1.165, 1.54) is 4.68 Å². The molecule has 1 N–H and O–H groups in total. The highest BCUT2D eigenvalue weighted by Crippen LogP contribution is 2.16. The number of pyridine rings is 1. The highest BCUT2D eigenvalue weighted by molar-refractivity contribution is 9.10. The summed E-state index contributed by atoms with van der Waals surface area (Å²) in [5.74, 6) is 0.658. The first-order valence-corrected chi connectivity index (χ1v) is 5.91. The van der Waals surface area contributed by atoms with Crippen molar-refractivity contribution in [1.29, 1.82) is 0 Å². The Hall–Kier alpha value is -1.89. The van der Waals surface area contributed by atoms with Gasteiger partial charge in [0.1, 0.15) is 10.3 Å². The van der Waals surface area contributed by atoms with E-state index >= 15 is 0 Å². The molecule has 0 radical (unpaired) electrons. The van der Waals surface area contributed by atoms with Crippen LogP contribution in [0.15, 0.2) is 28.9 Å². The van der Waals surface area contributed by atoms with Crippen LogP contribution < -0.4 is 10.1 Å². The van der Waals surface area contributed by atoms with E-state index in [0.717, 1.165) is 0 Å². The van der Waals surface area contributed by atoms with E-state index in [-0.39, 0.29) is 5.91 Å². The van der Waals surface area contributed by atoms with Crippen LogP contribution in [0.25, 0.3) is 0 Å². The lowest BCUT2D eigenvalue weighted by Crippen LogP contribution is -2.14. The summed E-state index contributed by atoms with van der Waals surface area (Å²) >= 11 is 3.21. The predicted octanol–water partition coefficient (Wildman–Crippen LogP) is 1.84. The Morgan fingerprint density at radius 1 is 1.50 bits per heavy atom. The third-order valence-corrected chi connectivity index (χ3v) is 2.68. The maximum absolute atomic E-state index is 11.9. The molecule has 1 amide bonds. The molecule has 0 unspecified atom stereocenters. The minimum atomic E-state index is -0.322. The zero-order valence-electron chi connectivity index (χ0n) is 9.85. The Morgan fingerprint density at radius 2 is 2.28 bits per heavy atom. The molecule has 7 heteroatoms. The van der Waals surface area contributed by atoms with Crippen LogP contribution in [0, 0.1) is 0 Å². The van der Waals surface area contributed by atoms with Crippen molar-refractivity contribution in [3.63, 3.8) is 0 Å². The molecule has 0 bridgehead atoms. The van der Waals surface area contributed by atoms with Gasteiger partial charge in [-0.3, -0.25) is 4.79 Å². The molecule has 0 atom stereocenters. The molecule has 0 aromatic carbocycles. The molecular formula is C11H11BrN4O2. The molecule has 0 aliphatic carbocycles. The Bertz CT molecular complexity index is 582. The molecule has 0 aliphatic rings. The number of hydrogen-bond donors (Lipinski definition) is 1. The summed E-state index contributed by atoms with van der Waals surface area (Å²) in [5, 5.41) is 6.74. The van der Waals surface area contributed by atoms with Crippen LogP contribution >= 0.6 is 15.9 Å². The Balaban J connectivity index is 2.16. The molecule has 0 spiro atoms. The molecule has 0 aliphatic heterocycles. The van der Waals surface area contributed by atoms with Gasteiger partial charge in [0.25, 0.3) is 5.91 Å². The van der Waals surface area contributed by atoms with Crippen LogP contribution in [0.3, 0.4) is 0 Å². The maximum atomic E-state index is 11.9. The third kappa shape index (κ3) is 2.67. The molecule has 0 saturated heterocycles. The largest absolute Gasteiger partial charge is 0.481 e. The molecule has 0 fully saturated rings. The first-order valence-electron chi connectivity index (χ1n) is 5.12. The van der Waals surface area contributed by atoms with Crippen molar-refractivity contribution in [2.45, 2.75) is 0 Å². The fourth-order valence-electron chi connectivity index (χ4n) is 1.42. The average Bonchev–Trinajstić information content (AvgIpc) is 2.69. The van der Waals surface area contributed by atoms with E-state index in [1.807, 2.05) is 0 Å². The standard InChI is InChI=1S/C11H11BrN4O2/c1-16-10(18-2)6-9(15-16)14-11(17)7-4-3-5-8(12)13-7/h3-6H,1-2H3,(H,14,15,17). The fourth-order valence-corrected chi connectivity index (χ4v) is 1.76. The first-order chi connectivity index (χ1) is 8.60. The van der Waals surface area contributed by atoms with Crippen LogP contribution in [0.1, 0.15) is 10.5 Å². The summed E-state index contributed by atoms with van der Waals surface area (Å²) in [6, 6.07) is 6.75. The van der Waals surface area contributed by atoms with Gasteiger partial charge >= 0.3 is 0 Å². The number of aryl methyl sites for hydroxylation is 1. The number of halogens is 1. The third-order valence-electron chi connectivity index (χ3n) is 2.24. The van der Waals surface area contributed by atoms with Gasteiger partial charge in [-0.2, -0.15) is 5.10 Å². The van der Waals surface area contributed by atoms with E-state index in [4.69, 9.17) is 4.74 Å². The second-order valence-corrected chi connectivity index (χ2v) is 4.31. The van der Waals surface area contributed by atoms with Gasteiger partial charge in [-0.05, 0) is 28.1 Å². The predicted molar refractivity (Wildman–Crippen MR) is 69.7 cm³/mol. The number of aromatic nitrogens is 3. The normalized spacial score (nSPS) is 10.2. The van der Waals surface area contributed by atoms with Crippen molar-refractivity contribution in [2.24, 2.45) is 7.05 Å². The molecule has 2 heterocycles. The highest BCUT2D eigenvalue weighted by Gasteiger charge is 2.11. The monoisotopic (exact) mass is 310 g/mol. The lowest BCUT2D eigenvalue weighted by molar-refractivity contribution is 0.102. The number of nitrogens with one attached hydrogen (secondary N) is 1. The van der Waals surface area contributed by atoms with Gasteiger partial charge in [-0.1, -0.05) is 6.07 Å². The fraction of sp³-hybridized carbons (Fsp3) is 0.182. The minimum absolute atomic E-state index is 0.314. The smallest absolute Gasteiger partial charge is 0.275 e. The summed E-state index contributed by atoms with van der Waals surface area (Å²) in [4.78, 5) is 15.9. The van der Waals surface area contributed by atoms with Crippen molar-refractivity contribution in [1.82, 2.24) is 14.8 Å². The van der Waals surface area contributed by atoms with Crippen molar-refractivity contribution >= 4 is 27.7 Å². The Kier molecular flexibility index (Phi) is 3.61. The molecule has 2 aromatic heterocycles. The Morgan fingerprint density at radius 3 is 2.89 bits per heavy atom. The lowest BCUT2D eigenvalue weighted by atomic mass is 10.3. The molecular weight excluding hydrogens is 300 g/mol. The second kappa shape index (κ2) is 5.18. The van der Waals surface area contributed by atoms with E-state index in [2.05, 4.69) is 31.3 Å². The minimum Gasteiger partial charge on any atom is -0.481 e. The molecule has 6 nitrogen and oxygen atoms in total. The molecule has 18 heavy (non-hydrogen) atoms. The van der Waals surface area contributed by atoms with E-state index in [9.17, 15) is 4.79 Å². The zero-order valence-corrected chi connectivity index (χ0v) is 11.4. The maximum Gasteiger partial charge on any atom is 0.275 e. The average molecular weight is 311 g/mol. The molecule has 0 saturated carbocycles. The number of hydrogen-bond acceptors (Lipinski definition) is 4. The molecule has 2 aromatic rings. The van der Waals surface area contributed by atoms with Crippen LogP contribution in [0.2, 0.25) is 0 Å². The molecule has 94 valence electrons. The number of carbonyl (C=O) groups is 1. The van der Waals surface area contributed by atoms with Crippen molar-refractivity contribution in [2.75, 3.05) is 12.4 Å². The number of methoxy groups -OCH3 is 1. The summed E-state index contributed by atoms with van der Waals surface area (Å²) in [5.41, 5.74) is 0.314. The van der Waals surface area contributed by atoms with Crippen molar-refractivity contribution < 1.29 is 9.53 Å². The quantitative estimate of drug-likeness (QED) is 0.878. The van der Waals surface area contributed by atoms with Gasteiger partial charge in [0, 0.05) is 13.1 Å². The number of anilines is 1. The van der Waals surface area contributed by atoms with Gasteiger partial charge in [0.15, 0.2) is 5.82 Å². The number of rotatable bonds is 3. The summed E-state index contributed by atoms with van der Waals surface area (Å²) in [7, 11) is 3.27.